The predicted molar refractivity (Wildman–Crippen MR) is 99.7 cm³/mol. The highest BCUT2D eigenvalue weighted by Gasteiger charge is 2.23. The topological polar surface area (TPSA) is 63.9 Å². The molecule has 0 spiro atoms. The molecule has 0 N–H and O–H groups in total. The normalized spacial score (nSPS) is 16.5. The van der Waals surface area contributed by atoms with Crippen LogP contribution in [0.2, 0.25) is 0 Å². The van der Waals surface area contributed by atoms with E-state index >= 15 is 0 Å². The summed E-state index contributed by atoms with van der Waals surface area (Å²) in [5.74, 6) is 1.53. The fourth-order valence-electron chi connectivity index (χ4n) is 3.49. The van der Waals surface area contributed by atoms with Crippen LogP contribution in [0.5, 0.6) is 11.5 Å². The van der Waals surface area contributed by atoms with Crippen molar-refractivity contribution in [2.45, 2.75) is 6.54 Å². The van der Waals surface area contributed by atoms with Gasteiger partial charge in [0.15, 0.2) is 11.5 Å². The number of benzene rings is 2. The number of anilines is 1. The summed E-state index contributed by atoms with van der Waals surface area (Å²) in [4.78, 5) is 8.77. The maximum absolute atomic E-state index is 13.9. The summed E-state index contributed by atoms with van der Waals surface area (Å²) in [7, 11) is 0. The first-order valence-corrected chi connectivity index (χ1v) is 9.21. The van der Waals surface area contributed by atoms with Crippen molar-refractivity contribution in [3.8, 4) is 22.9 Å². The molecule has 3 heterocycles. The summed E-state index contributed by atoms with van der Waals surface area (Å²) in [5, 5.41) is 3.94. The highest BCUT2D eigenvalue weighted by Crippen LogP contribution is 2.33. The van der Waals surface area contributed by atoms with Crippen LogP contribution in [0.25, 0.3) is 11.4 Å². The predicted octanol–water partition coefficient (Wildman–Crippen LogP) is 2.93. The third-order valence-corrected chi connectivity index (χ3v) is 5.02. The van der Waals surface area contributed by atoms with Crippen LogP contribution in [0.1, 0.15) is 5.56 Å². The van der Waals surface area contributed by atoms with Crippen LogP contribution in [-0.2, 0) is 6.54 Å². The summed E-state index contributed by atoms with van der Waals surface area (Å²) in [6.07, 6.45) is 0. The van der Waals surface area contributed by atoms with Crippen molar-refractivity contribution < 1.29 is 18.4 Å². The van der Waals surface area contributed by atoms with Gasteiger partial charge in [0.2, 0.25) is 12.6 Å². The minimum atomic E-state index is -0.358. The van der Waals surface area contributed by atoms with Crippen LogP contribution < -0.4 is 14.4 Å². The molecule has 0 radical (unpaired) electrons. The Hall–Kier alpha value is -3.13. The van der Waals surface area contributed by atoms with Gasteiger partial charge in [0.05, 0.1) is 5.56 Å². The quantitative estimate of drug-likeness (QED) is 0.687. The Labute approximate surface area is 161 Å². The van der Waals surface area contributed by atoms with Crippen LogP contribution in [0, 0.1) is 5.82 Å². The van der Waals surface area contributed by atoms with Crippen molar-refractivity contribution in [3.05, 3.63) is 53.8 Å². The SMILES string of the molecule is Fc1ccccc1-c1noc(N2CCN(Cc3ccc4c(c3)OCO4)CC2)n1. The summed E-state index contributed by atoms with van der Waals surface area (Å²) >= 11 is 0. The van der Waals surface area contributed by atoms with Gasteiger partial charge >= 0.3 is 6.01 Å². The molecule has 2 aromatic carbocycles. The van der Waals surface area contributed by atoms with Crippen LogP contribution >= 0.6 is 0 Å². The number of piperazine rings is 1. The first-order chi connectivity index (χ1) is 13.8. The van der Waals surface area contributed by atoms with Crippen molar-refractivity contribution in [1.29, 1.82) is 0 Å². The molecule has 3 aromatic rings. The molecule has 2 aliphatic rings. The zero-order chi connectivity index (χ0) is 18.9. The maximum atomic E-state index is 13.9. The number of hydrogen-bond donors (Lipinski definition) is 0. The number of nitrogens with zero attached hydrogens (tertiary/aromatic N) is 4. The fourth-order valence-corrected chi connectivity index (χ4v) is 3.49. The zero-order valence-electron chi connectivity index (χ0n) is 15.2. The lowest BCUT2D eigenvalue weighted by Gasteiger charge is -2.33. The second-order valence-electron chi connectivity index (χ2n) is 6.83. The molecule has 0 saturated carbocycles. The van der Waals surface area contributed by atoms with E-state index < -0.39 is 0 Å². The van der Waals surface area contributed by atoms with Crippen LogP contribution in [-0.4, -0.2) is 48.0 Å². The third kappa shape index (κ3) is 3.27. The molecular formula is C20H19FN4O3. The molecule has 1 saturated heterocycles. The van der Waals surface area contributed by atoms with E-state index in [0.29, 0.717) is 11.6 Å². The molecule has 0 aliphatic carbocycles. The highest BCUT2D eigenvalue weighted by molar-refractivity contribution is 5.56. The van der Waals surface area contributed by atoms with E-state index in [1.807, 2.05) is 17.0 Å². The highest BCUT2D eigenvalue weighted by atomic mass is 19.1. The average Bonchev–Trinajstić information content (AvgIpc) is 3.38. The summed E-state index contributed by atoms with van der Waals surface area (Å²) < 4.78 is 30.1. The Morgan fingerprint density at radius 1 is 0.964 bits per heavy atom. The first-order valence-electron chi connectivity index (χ1n) is 9.21. The van der Waals surface area contributed by atoms with Gasteiger partial charge in [0, 0.05) is 32.7 Å². The third-order valence-electron chi connectivity index (χ3n) is 5.02. The van der Waals surface area contributed by atoms with Crippen LogP contribution in [0.15, 0.2) is 47.0 Å². The molecule has 7 nitrogen and oxygen atoms in total. The number of halogens is 1. The van der Waals surface area contributed by atoms with Gasteiger partial charge in [-0.3, -0.25) is 4.90 Å². The van der Waals surface area contributed by atoms with Gasteiger partial charge in [-0.1, -0.05) is 23.4 Å². The number of ether oxygens (including phenoxy) is 2. The molecule has 0 atom stereocenters. The van der Waals surface area contributed by atoms with E-state index in [1.54, 1.807) is 18.2 Å². The number of hydrogen-bond acceptors (Lipinski definition) is 7. The van der Waals surface area contributed by atoms with Gasteiger partial charge in [-0.05, 0) is 29.8 Å². The minimum absolute atomic E-state index is 0.274. The van der Waals surface area contributed by atoms with Crippen LogP contribution in [0.4, 0.5) is 10.4 Å². The lowest BCUT2D eigenvalue weighted by atomic mass is 10.1. The molecule has 0 unspecified atom stereocenters. The van der Waals surface area contributed by atoms with Crippen molar-refractivity contribution >= 4 is 6.01 Å². The second kappa shape index (κ2) is 7.12. The summed E-state index contributed by atoms with van der Waals surface area (Å²) in [5.41, 5.74) is 1.54. The van der Waals surface area contributed by atoms with E-state index in [2.05, 4.69) is 21.1 Å². The molecule has 0 amide bonds. The Morgan fingerprint density at radius 3 is 2.64 bits per heavy atom. The summed E-state index contributed by atoms with van der Waals surface area (Å²) in [6.45, 7) is 4.40. The van der Waals surface area contributed by atoms with E-state index in [4.69, 9.17) is 14.0 Å². The maximum Gasteiger partial charge on any atom is 0.324 e. The lowest BCUT2D eigenvalue weighted by molar-refractivity contribution is 0.174. The Morgan fingerprint density at radius 2 is 1.79 bits per heavy atom. The van der Waals surface area contributed by atoms with Crippen molar-refractivity contribution in [2.75, 3.05) is 37.9 Å². The second-order valence-corrected chi connectivity index (χ2v) is 6.83. The van der Waals surface area contributed by atoms with E-state index in [-0.39, 0.29) is 18.4 Å². The Balaban J connectivity index is 1.21. The number of rotatable bonds is 4. The molecule has 2 aliphatic heterocycles. The minimum Gasteiger partial charge on any atom is -0.454 e. The monoisotopic (exact) mass is 382 g/mol. The molecular weight excluding hydrogens is 363 g/mol. The van der Waals surface area contributed by atoms with Gasteiger partial charge in [-0.15, -0.1) is 0 Å². The average molecular weight is 382 g/mol. The smallest absolute Gasteiger partial charge is 0.324 e. The van der Waals surface area contributed by atoms with Crippen molar-refractivity contribution in [1.82, 2.24) is 15.0 Å². The molecule has 0 bridgehead atoms. The largest absolute Gasteiger partial charge is 0.454 e. The van der Waals surface area contributed by atoms with E-state index in [9.17, 15) is 4.39 Å². The Kier molecular flexibility index (Phi) is 4.32. The van der Waals surface area contributed by atoms with E-state index in [1.165, 1.54) is 11.6 Å². The van der Waals surface area contributed by atoms with Crippen molar-refractivity contribution in [3.63, 3.8) is 0 Å². The van der Waals surface area contributed by atoms with Gasteiger partial charge in [0.1, 0.15) is 5.82 Å². The number of aromatic nitrogens is 2. The molecule has 5 rings (SSSR count). The molecule has 144 valence electrons. The number of fused-ring (bicyclic) bond motifs is 1. The lowest BCUT2D eigenvalue weighted by Crippen LogP contribution is -2.46. The summed E-state index contributed by atoms with van der Waals surface area (Å²) in [6, 6.07) is 12.9. The Bertz CT molecular complexity index is 985. The molecule has 1 aromatic heterocycles. The molecule has 1 fully saturated rings. The van der Waals surface area contributed by atoms with E-state index in [0.717, 1.165) is 44.2 Å². The molecule has 28 heavy (non-hydrogen) atoms. The standard InChI is InChI=1S/C20H19FN4O3/c21-16-4-2-1-3-15(16)19-22-20(28-23-19)25-9-7-24(8-10-25)12-14-5-6-17-18(11-14)27-13-26-17/h1-6,11H,7-10,12-13H2. The van der Waals surface area contributed by atoms with Crippen LogP contribution in [0.3, 0.4) is 0 Å². The van der Waals surface area contributed by atoms with Crippen molar-refractivity contribution in [2.24, 2.45) is 0 Å². The fraction of sp³-hybridized carbons (Fsp3) is 0.300. The van der Waals surface area contributed by atoms with Gasteiger partial charge < -0.3 is 18.9 Å². The zero-order valence-corrected chi connectivity index (χ0v) is 15.2. The van der Waals surface area contributed by atoms with Gasteiger partial charge in [0.25, 0.3) is 0 Å². The van der Waals surface area contributed by atoms with Gasteiger partial charge in [-0.2, -0.15) is 4.98 Å². The first kappa shape index (κ1) is 17.0. The van der Waals surface area contributed by atoms with Gasteiger partial charge in [-0.25, -0.2) is 4.39 Å². The molecule has 8 heteroatoms.